The zero-order chi connectivity index (χ0) is 22.0. The second-order valence-corrected chi connectivity index (χ2v) is 7.09. The van der Waals surface area contributed by atoms with Crippen molar-refractivity contribution in [1.29, 1.82) is 0 Å². The van der Waals surface area contributed by atoms with Crippen LogP contribution in [0.15, 0.2) is 78.6 Å². The van der Waals surface area contributed by atoms with Crippen LogP contribution < -0.4 is 4.74 Å². The Morgan fingerprint density at radius 1 is 1.10 bits per heavy atom. The number of aromatic hydroxyl groups is 1. The number of ketones is 1. The van der Waals surface area contributed by atoms with Crippen molar-refractivity contribution in [2.24, 2.45) is 0 Å². The lowest BCUT2D eigenvalue weighted by Gasteiger charge is -2.25. The number of phenols is 1. The lowest BCUT2D eigenvalue weighted by Crippen LogP contribution is -2.29. The molecule has 0 spiro atoms. The Morgan fingerprint density at radius 3 is 2.55 bits per heavy atom. The van der Waals surface area contributed by atoms with Crippen LogP contribution in [0.25, 0.3) is 5.76 Å². The third-order valence-electron chi connectivity index (χ3n) is 5.18. The highest BCUT2D eigenvalue weighted by Crippen LogP contribution is 2.42. The molecule has 1 aromatic heterocycles. The average molecular weight is 416 g/mol. The molecule has 0 unspecified atom stereocenters. The minimum absolute atomic E-state index is 0.0205. The van der Waals surface area contributed by atoms with E-state index in [-0.39, 0.29) is 29.4 Å². The molecular weight excluding hydrogens is 396 g/mol. The molecule has 0 saturated carbocycles. The first-order chi connectivity index (χ1) is 15.0. The fourth-order valence-electron chi connectivity index (χ4n) is 3.69. The van der Waals surface area contributed by atoms with Crippen LogP contribution in [0.5, 0.6) is 11.5 Å². The Kier molecular flexibility index (Phi) is 5.41. The molecule has 31 heavy (non-hydrogen) atoms. The van der Waals surface area contributed by atoms with Crippen LogP contribution in [0.1, 0.15) is 22.7 Å². The van der Waals surface area contributed by atoms with Crippen LogP contribution in [0.3, 0.4) is 0 Å². The maximum atomic E-state index is 13.0. The van der Waals surface area contributed by atoms with Crippen LogP contribution in [0.2, 0.25) is 0 Å². The largest absolute Gasteiger partial charge is 0.507 e. The zero-order valence-corrected chi connectivity index (χ0v) is 16.7. The molecule has 1 atom stereocenters. The summed E-state index contributed by atoms with van der Waals surface area (Å²) in [4.78, 5) is 31.5. The molecule has 3 aromatic rings. The number of hydrogen-bond donors (Lipinski definition) is 2. The molecule has 2 N–H and O–H groups in total. The quantitative estimate of drug-likeness (QED) is 0.376. The molecule has 2 heterocycles. The summed E-state index contributed by atoms with van der Waals surface area (Å²) in [6.07, 6.45) is 3.24. The van der Waals surface area contributed by atoms with Gasteiger partial charge in [-0.05, 0) is 29.3 Å². The minimum Gasteiger partial charge on any atom is -0.507 e. The fraction of sp³-hybridized carbons (Fsp3) is 0.125. The topological polar surface area (TPSA) is 100.0 Å². The maximum Gasteiger partial charge on any atom is 0.295 e. The molecule has 4 rings (SSSR count). The van der Waals surface area contributed by atoms with Crippen molar-refractivity contribution >= 4 is 17.4 Å². The van der Waals surface area contributed by atoms with Crippen LogP contribution in [-0.4, -0.2) is 38.9 Å². The summed E-state index contributed by atoms with van der Waals surface area (Å²) in [5, 5.41) is 21.0. The molecule has 156 valence electrons. The van der Waals surface area contributed by atoms with Crippen molar-refractivity contribution in [3.63, 3.8) is 0 Å². The molecule has 1 fully saturated rings. The smallest absolute Gasteiger partial charge is 0.295 e. The number of phenolic OH excluding ortho intramolecular Hbond substituents is 1. The van der Waals surface area contributed by atoms with Gasteiger partial charge in [-0.25, -0.2) is 0 Å². The standard InChI is InChI=1S/C24H20N2O5/c1-31-19-12-17(9-10-18(19)27)21-20(22(28)16-7-3-2-4-8-16)23(29)24(30)26(21)14-15-6-5-11-25-13-15/h2-13,21,27-28H,14H2,1H3/b22-20+/t21-/m1/s1. The van der Waals surface area contributed by atoms with E-state index in [1.807, 2.05) is 0 Å². The van der Waals surface area contributed by atoms with Crippen LogP contribution in [-0.2, 0) is 16.1 Å². The maximum absolute atomic E-state index is 13.0. The number of likely N-dealkylation sites (tertiary alicyclic amines) is 1. The van der Waals surface area contributed by atoms with Crippen molar-refractivity contribution < 1.29 is 24.5 Å². The molecule has 7 heteroatoms. The van der Waals surface area contributed by atoms with Crippen LogP contribution >= 0.6 is 0 Å². The fourth-order valence-corrected chi connectivity index (χ4v) is 3.69. The Bertz CT molecular complexity index is 1160. The van der Waals surface area contributed by atoms with E-state index in [9.17, 15) is 19.8 Å². The van der Waals surface area contributed by atoms with E-state index in [2.05, 4.69) is 4.98 Å². The molecule has 1 amide bonds. The number of rotatable bonds is 5. The van der Waals surface area contributed by atoms with Gasteiger partial charge in [-0.2, -0.15) is 0 Å². The summed E-state index contributed by atoms with van der Waals surface area (Å²) >= 11 is 0. The van der Waals surface area contributed by atoms with Crippen molar-refractivity contribution in [3.8, 4) is 11.5 Å². The van der Waals surface area contributed by atoms with Gasteiger partial charge in [0.2, 0.25) is 0 Å². The molecule has 2 aromatic carbocycles. The van der Waals surface area contributed by atoms with E-state index in [1.54, 1.807) is 67.0 Å². The van der Waals surface area contributed by atoms with E-state index >= 15 is 0 Å². The van der Waals surface area contributed by atoms with Gasteiger partial charge in [0.05, 0.1) is 18.7 Å². The number of aromatic nitrogens is 1. The van der Waals surface area contributed by atoms with Gasteiger partial charge < -0.3 is 19.8 Å². The third kappa shape index (κ3) is 3.73. The summed E-state index contributed by atoms with van der Waals surface area (Å²) in [7, 11) is 1.41. The summed E-state index contributed by atoms with van der Waals surface area (Å²) in [6.45, 7) is 0.123. The zero-order valence-electron chi connectivity index (χ0n) is 16.7. The number of pyridine rings is 1. The molecule has 0 aliphatic carbocycles. The molecule has 0 radical (unpaired) electrons. The predicted octanol–water partition coefficient (Wildman–Crippen LogP) is 3.42. The highest BCUT2D eigenvalue weighted by atomic mass is 16.5. The van der Waals surface area contributed by atoms with Gasteiger partial charge in [-0.1, -0.05) is 42.5 Å². The number of amides is 1. The van der Waals surface area contributed by atoms with Crippen molar-refractivity contribution in [3.05, 3.63) is 95.3 Å². The number of methoxy groups -OCH3 is 1. The van der Waals surface area contributed by atoms with Gasteiger partial charge in [0.1, 0.15) is 5.76 Å². The summed E-state index contributed by atoms with van der Waals surface area (Å²) in [5.41, 5.74) is 1.67. The number of ether oxygens (including phenoxy) is 1. The third-order valence-corrected chi connectivity index (χ3v) is 5.18. The Morgan fingerprint density at radius 2 is 1.87 bits per heavy atom. The minimum atomic E-state index is -0.866. The number of aliphatic hydroxyl groups is 1. The number of aliphatic hydroxyl groups excluding tert-OH is 1. The van der Waals surface area contributed by atoms with E-state index in [0.717, 1.165) is 5.56 Å². The monoisotopic (exact) mass is 416 g/mol. The lowest BCUT2D eigenvalue weighted by atomic mass is 9.95. The first kappa shape index (κ1) is 20.2. The molecule has 1 aliphatic rings. The first-order valence-electron chi connectivity index (χ1n) is 9.61. The average Bonchev–Trinajstić information content (AvgIpc) is 3.05. The van der Waals surface area contributed by atoms with Gasteiger partial charge in [0, 0.05) is 24.5 Å². The molecular formula is C24H20N2O5. The summed E-state index contributed by atoms with van der Waals surface area (Å²) < 4.78 is 5.21. The van der Waals surface area contributed by atoms with E-state index in [0.29, 0.717) is 11.1 Å². The lowest BCUT2D eigenvalue weighted by molar-refractivity contribution is -0.140. The van der Waals surface area contributed by atoms with Gasteiger partial charge in [-0.15, -0.1) is 0 Å². The molecule has 1 aliphatic heterocycles. The first-order valence-corrected chi connectivity index (χ1v) is 9.61. The summed E-state index contributed by atoms with van der Waals surface area (Å²) in [6, 6.07) is 15.9. The molecule has 0 bridgehead atoms. The number of benzene rings is 2. The molecule has 7 nitrogen and oxygen atoms in total. The second kappa shape index (κ2) is 8.31. The highest BCUT2D eigenvalue weighted by molar-refractivity contribution is 6.46. The van der Waals surface area contributed by atoms with Crippen molar-refractivity contribution in [1.82, 2.24) is 9.88 Å². The predicted molar refractivity (Wildman–Crippen MR) is 113 cm³/mol. The Balaban J connectivity index is 1.89. The Labute approximate surface area is 178 Å². The van der Waals surface area contributed by atoms with E-state index in [4.69, 9.17) is 4.74 Å². The van der Waals surface area contributed by atoms with Crippen LogP contribution in [0, 0.1) is 0 Å². The number of carbonyl (C=O) groups is 2. The second-order valence-electron chi connectivity index (χ2n) is 7.09. The number of Topliss-reactive ketones (excluding diaryl/α,β-unsaturated/α-hetero) is 1. The van der Waals surface area contributed by atoms with Crippen molar-refractivity contribution in [2.75, 3.05) is 7.11 Å². The van der Waals surface area contributed by atoms with Gasteiger partial charge >= 0.3 is 0 Å². The van der Waals surface area contributed by atoms with Crippen molar-refractivity contribution in [2.45, 2.75) is 12.6 Å². The SMILES string of the molecule is COc1cc([C@@H]2/C(=C(\O)c3ccccc3)C(=O)C(=O)N2Cc2cccnc2)ccc1O. The highest BCUT2D eigenvalue weighted by Gasteiger charge is 2.46. The molecule has 1 saturated heterocycles. The number of carbonyl (C=O) groups excluding carboxylic acids is 2. The van der Waals surface area contributed by atoms with E-state index in [1.165, 1.54) is 18.1 Å². The Hall–Kier alpha value is -4.13. The van der Waals surface area contributed by atoms with Gasteiger partial charge in [0.25, 0.3) is 11.7 Å². The van der Waals surface area contributed by atoms with Gasteiger partial charge in [0.15, 0.2) is 11.5 Å². The summed E-state index contributed by atoms with van der Waals surface area (Å²) in [5.74, 6) is -1.63. The van der Waals surface area contributed by atoms with E-state index < -0.39 is 17.7 Å². The normalized spacial score (nSPS) is 17.7. The number of hydrogen-bond acceptors (Lipinski definition) is 6. The van der Waals surface area contributed by atoms with Gasteiger partial charge in [-0.3, -0.25) is 14.6 Å². The number of nitrogens with zero attached hydrogens (tertiary/aromatic N) is 2. The van der Waals surface area contributed by atoms with Crippen LogP contribution in [0.4, 0.5) is 0 Å².